The van der Waals surface area contributed by atoms with Gasteiger partial charge in [-0.15, -0.1) is 0 Å². The predicted molar refractivity (Wildman–Crippen MR) is 138 cm³/mol. The number of hydrogen-bond acceptors (Lipinski definition) is 19. The van der Waals surface area contributed by atoms with Gasteiger partial charge in [0, 0.05) is 25.2 Å². The summed E-state index contributed by atoms with van der Waals surface area (Å²) in [6, 6.07) is -4.18. The molecule has 0 amide bonds. The first kappa shape index (κ1) is 34.1. The van der Waals surface area contributed by atoms with E-state index in [-0.39, 0.29) is 19.5 Å². The summed E-state index contributed by atoms with van der Waals surface area (Å²) in [5.74, 6) is 0. The molecule has 0 aromatic rings. The minimum atomic E-state index is -1.60. The van der Waals surface area contributed by atoms with Crippen molar-refractivity contribution in [1.82, 2.24) is 0 Å². The van der Waals surface area contributed by atoms with Gasteiger partial charge < -0.3 is 98.6 Å². The zero-order valence-electron chi connectivity index (χ0n) is 22.8. The van der Waals surface area contributed by atoms with Crippen LogP contribution in [-0.4, -0.2) is 172 Å². The van der Waals surface area contributed by atoms with E-state index in [1.54, 1.807) is 0 Å². The first-order chi connectivity index (χ1) is 19.8. The standard InChI is InChI=1S/C23H46N6O13/c24-2-7-13(32)15(34)10(28)21(37-7)40-18-6(27)1-5(26)12(31)20(18)42-23-17(36)19(9(4-30)39-23)41-22-11(29)16(35)14(33)8(3-25)38-22/h5-23,30-36H,1-4,24-29H2/t5-,6+,7-,8+,9-,10-,11-,12+,13-,14-,15-,16-,17-,18+,19-,20-,21+,22-,23+/m1/s1. The molecule has 4 fully saturated rings. The van der Waals surface area contributed by atoms with Crippen LogP contribution in [0.3, 0.4) is 0 Å². The Kier molecular flexibility index (Phi) is 11.5. The van der Waals surface area contributed by atoms with Gasteiger partial charge >= 0.3 is 0 Å². The van der Waals surface area contributed by atoms with E-state index in [1.807, 2.05) is 0 Å². The van der Waals surface area contributed by atoms with Crippen molar-refractivity contribution in [3.8, 4) is 0 Å². The lowest BCUT2D eigenvalue weighted by Gasteiger charge is -2.47. The van der Waals surface area contributed by atoms with Crippen molar-refractivity contribution >= 4 is 0 Å². The average molecular weight is 615 g/mol. The summed E-state index contributed by atoms with van der Waals surface area (Å²) in [5, 5.41) is 73.0. The third kappa shape index (κ3) is 6.60. The van der Waals surface area contributed by atoms with Gasteiger partial charge in [0.05, 0.1) is 24.8 Å². The summed E-state index contributed by atoms with van der Waals surface area (Å²) < 4.78 is 34.6. The number of ether oxygens (including phenoxy) is 6. The number of aliphatic hydroxyl groups excluding tert-OH is 7. The Morgan fingerprint density at radius 3 is 1.45 bits per heavy atom. The largest absolute Gasteiger partial charge is 0.394 e. The zero-order valence-corrected chi connectivity index (χ0v) is 22.8. The number of aliphatic hydroxyl groups is 7. The molecule has 246 valence electrons. The number of rotatable bonds is 9. The molecule has 3 saturated heterocycles. The topological polar surface area (TPSA) is 353 Å². The second kappa shape index (κ2) is 14.1. The highest BCUT2D eigenvalue weighted by Gasteiger charge is 2.54. The fourth-order valence-corrected chi connectivity index (χ4v) is 5.74. The van der Waals surface area contributed by atoms with Gasteiger partial charge in [-0.2, -0.15) is 0 Å². The van der Waals surface area contributed by atoms with E-state index in [2.05, 4.69) is 0 Å². The van der Waals surface area contributed by atoms with Crippen LogP contribution in [0.4, 0.5) is 0 Å². The van der Waals surface area contributed by atoms with E-state index in [0.717, 1.165) is 0 Å². The Hall–Kier alpha value is -0.760. The van der Waals surface area contributed by atoms with Crippen LogP contribution in [0.2, 0.25) is 0 Å². The van der Waals surface area contributed by atoms with Crippen LogP contribution in [0.15, 0.2) is 0 Å². The summed E-state index contributed by atoms with van der Waals surface area (Å²) in [6.45, 7) is -0.967. The Bertz CT molecular complexity index is 868. The lowest BCUT2D eigenvalue weighted by atomic mass is 9.84. The molecule has 19 N–H and O–H groups in total. The third-order valence-corrected chi connectivity index (χ3v) is 8.37. The molecule has 0 radical (unpaired) electrons. The van der Waals surface area contributed by atoms with Gasteiger partial charge in [-0.25, -0.2) is 0 Å². The van der Waals surface area contributed by atoms with Gasteiger partial charge in [0.15, 0.2) is 18.9 Å². The van der Waals surface area contributed by atoms with Gasteiger partial charge in [-0.05, 0) is 6.42 Å². The van der Waals surface area contributed by atoms with Crippen molar-refractivity contribution in [2.24, 2.45) is 34.4 Å². The molecule has 0 spiro atoms. The van der Waals surface area contributed by atoms with Crippen molar-refractivity contribution < 1.29 is 64.2 Å². The van der Waals surface area contributed by atoms with E-state index < -0.39 is 123 Å². The maximum Gasteiger partial charge on any atom is 0.187 e. The van der Waals surface area contributed by atoms with Gasteiger partial charge in [0.25, 0.3) is 0 Å². The maximum atomic E-state index is 11.1. The second-order valence-corrected chi connectivity index (χ2v) is 11.2. The van der Waals surface area contributed by atoms with Crippen LogP contribution in [0.5, 0.6) is 0 Å². The van der Waals surface area contributed by atoms with Crippen molar-refractivity contribution in [2.75, 3.05) is 19.7 Å². The van der Waals surface area contributed by atoms with Crippen LogP contribution < -0.4 is 34.4 Å². The molecule has 0 aromatic carbocycles. The van der Waals surface area contributed by atoms with E-state index >= 15 is 0 Å². The number of hydrogen-bond donors (Lipinski definition) is 13. The Morgan fingerprint density at radius 1 is 0.524 bits per heavy atom. The fraction of sp³-hybridized carbons (Fsp3) is 1.00. The minimum Gasteiger partial charge on any atom is -0.394 e. The predicted octanol–water partition coefficient (Wildman–Crippen LogP) is -8.90. The van der Waals surface area contributed by atoms with Gasteiger partial charge in [0.2, 0.25) is 0 Å². The highest BCUT2D eigenvalue weighted by atomic mass is 16.8. The Balaban J connectivity index is 1.50. The molecule has 42 heavy (non-hydrogen) atoms. The maximum absolute atomic E-state index is 11.1. The molecule has 1 saturated carbocycles. The van der Waals surface area contributed by atoms with Crippen LogP contribution in [0, 0.1) is 0 Å². The molecular weight excluding hydrogens is 568 g/mol. The number of nitrogens with two attached hydrogens (primary N) is 6. The van der Waals surface area contributed by atoms with E-state index in [1.165, 1.54) is 0 Å². The molecule has 4 aliphatic rings. The lowest BCUT2D eigenvalue weighted by molar-refractivity contribution is -0.306. The molecule has 19 nitrogen and oxygen atoms in total. The zero-order chi connectivity index (χ0) is 31.0. The van der Waals surface area contributed by atoms with Gasteiger partial charge in [-0.3, -0.25) is 0 Å². The summed E-state index contributed by atoms with van der Waals surface area (Å²) in [7, 11) is 0. The normalized spacial score (nSPS) is 53.8. The summed E-state index contributed by atoms with van der Waals surface area (Å²) in [6.07, 6.45) is -19.8. The highest BCUT2D eigenvalue weighted by molar-refractivity contribution is 5.02. The lowest BCUT2D eigenvalue weighted by Crippen LogP contribution is -2.68. The van der Waals surface area contributed by atoms with Gasteiger partial charge in [0.1, 0.15) is 67.1 Å². The summed E-state index contributed by atoms with van der Waals surface area (Å²) in [4.78, 5) is 0. The molecular formula is C23H46N6O13. The van der Waals surface area contributed by atoms with Crippen molar-refractivity contribution in [1.29, 1.82) is 0 Å². The van der Waals surface area contributed by atoms with E-state index in [9.17, 15) is 35.7 Å². The highest BCUT2D eigenvalue weighted by Crippen LogP contribution is 2.34. The minimum absolute atomic E-state index is 0.0889. The van der Waals surface area contributed by atoms with Crippen LogP contribution in [-0.2, 0) is 28.4 Å². The molecule has 0 aromatic heterocycles. The monoisotopic (exact) mass is 614 g/mol. The van der Waals surface area contributed by atoms with E-state index in [0.29, 0.717) is 0 Å². The average Bonchev–Trinajstić information content (AvgIpc) is 3.27. The van der Waals surface area contributed by atoms with Crippen molar-refractivity contribution in [3.63, 3.8) is 0 Å². The molecule has 19 heteroatoms. The SMILES string of the molecule is NC[C@@H]1O[C@H](O[C@H]2[C@@H](O)[C@H](O[C@@H]3[C@@H](O)[C@H](N)C[C@H](N)[C@@H]3O[C@@H]3O[C@H](CN)[C@@H](O)[C@H](O)[C@H]3N)O[C@@H]2CO)[C@H](N)[C@@H](O)[C@@H]1O. The second-order valence-electron chi connectivity index (χ2n) is 11.2. The Labute approximate surface area is 241 Å². The molecule has 3 aliphatic heterocycles. The molecule has 0 unspecified atom stereocenters. The van der Waals surface area contributed by atoms with E-state index in [4.69, 9.17) is 62.8 Å². The molecule has 1 aliphatic carbocycles. The smallest absolute Gasteiger partial charge is 0.187 e. The van der Waals surface area contributed by atoms with Gasteiger partial charge in [-0.1, -0.05) is 0 Å². The molecule has 3 heterocycles. The first-order valence-electron chi connectivity index (χ1n) is 13.9. The molecule has 0 bridgehead atoms. The van der Waals surface area contributed by atoms with Crippen LogP contribution in [0.25, 0.3) is 0 Å². The van der Waals surface area contributed by atoms with Crippen molar-refractivity contribution in [2.45, 2.75) is 123 Å². The first-order valence-corrected chi connectivity index (χ1v) is 13.9. The summed E-state index contributed by atoms with van der Waals surface area (Å²) in [5.41, 5.74) is 35.6. The molecule has 19 atom stereocenters. The molecule has 4 rings (SSSR count). The van der Waals surface area contributed by atoms with Crippen LogP contribution in [0.1, 0.15) is 6.42 Å². The van der Waals surface area contributed by atoms with Crippen LogP contribution >= 0.6 is 0 Å². The summed E-state index contributed by atoms with van der Waals surface area (Å²) >= 11 is 0. The Morgan fingerprint density at radius 2 is 0.976 bits per heavy atom. The fourth-order valence-electron chi connectivity index (χ4n) is 5.74. The quantitative estimate of drug-likeness (QED) is 0.115. The third-order valence-electron chi connectivity index (χ3n) is 8.37. The van der Waals surface area contributed by atoms with Crippen molar-refractivity contribution in [3.05, 3.63) is 0 Å².